The molecular weight excluding hydrogens is 344 g/mol. The van der Waals surface area contributed by atoms with E-state index in [0.29, 0.717) is 11.1 Å². The zero-order valence-electron chi connectivity index (χ0n) is 13.4. The van der Waals surface area contributed by atoms with E-state index in [9.17, 15) is 0 Å². The molecule has 4 heteroatoms. The minimum absolute atomic E-state index is 0.308. The maximum absolute atomic E-state index is 3.92. The lowest BCUT2D eigenvalue weighted by atomic mass is 9.82. The van der Waals surface area contributed by atoms with Gasteiger partial charge >= 0.3 is 0 Å². The molecule has 21 heavy (non-hydrogen) atoms. The van der Waals surface area contributed by atoms with E-state index in [1.807, 2.05) is 11.3 Å². The summed E-state index contributed by atoms with van der Waals surface area (Å²) in [6.45, 7) is 10.6. The molecule has 3 rings (SSSR count). The number of nitrogens with one attached hydrogen (secondary N) is 1. The van der Waals surface area contributed by atoms with E-state index in [1.54, 1.807) is 0 Å². The SMILES string of the molecule is CCC1(CC)CN(Cc2ccc(Br)s2)C(C)(C2CC2)CN1. The van der Waals surface area contributed by atoms with Crippen molar-refractivity contribution in [2.75, 3.05) is 13.1 Å². The molecule has 0 aromatic carbocycles. The van der Waals surface area contributed by atoms with Crippen molar-refractivity contribution >= 4 is 27.3 Å². The van der Waals surface area contributed by atoms with E-state index < -0.39 is 0 Å². The van der Waals surface area contributed by atoms with Crippen molar-refractivity contribution in [2.45, 2.75) is 64.1 Å². The quantitative estimate of drug-likeness (QED) is 0.811. The molecule has 1 aromatic heterocycles. The standard InChI is InChI=1S/C17H27BrN2S/c1-4-17(5-2)12-20(10-14-8-9-15(18)21-14)16(3,11-19-17)13-6-7-13/h8-9,13,19H,4-7,10-12H2,1-3H3. The highest BCUT2D eigenvalue weighted by Gasteiger charge is 2.50. The Kier molecular flexibility index (Phi) is 4.53. The first-order valence-electron chi connectivity index (χ1n) is 8.25. The Hall–Kier alpha value is 0.1000. The van der Waals surface area contributed by atoms with Crippen LogP contribution in [0.25, 0.3) is 0 Å². The van der Waals surface area contributed by atoms with Gasteiger partial charge in [0.15, 0.2) is 0 Å². The lowest BCUT2D eigenvalue weighted by Crippen LogP contribution is -2.69. The molecule has 2 heterocycles. The largest absolute Gasteiger partial charge is 0.308 e. The molecule has 2 aliphatic rings. The van der Waals surface area contributed by atoms with Crippen molar-refractivity contribution in [1.82, 2.24) is 10.2 Å². The fourth-order valence-corrected chi connectivity index (χ4v) is 5.27. The lowest BCUT2D eigenvalue weighted by Gasteiger charge is -2.53. The number of halogens is 1. The fraction of sp³-hybridized carbons (Fsp3) is 0.765. The summed E-state index contributed by atoms with van der Waals surface area (Å²) in [5, 5.41) is 3.92. The molecule has 0 radical (unpaired) electrons. The molecule has 1 aliphatic heterocycles. The summed E-state index contributed by atoms with van der Waals surface area (Å²) in [5.41, 5.74) is 0.646. The molecule has 1 saturated carbocycles. The van der Waals surface area contributed by atoms with Gasteiger partial charge in [-0.3, -0.25) is 4.90 Å². The third-order valence-corrected chi connectivity index (χ3v) is 7.43. The van der Waals surface area contributed by atoms with Gasteiger partial charge < -0.3 is 5.32 Å². The summed E-state index contributed by atoms with van der Waals surface area (Å²) in [7, 11) is 0. The maximum Gasteiger partial charge on any atom is 0.0701 e. The summed E-state index contributed by atoms with van der Waals surface area (Å²) in [4.78, 5) is 4.27. The average molecular weight is 371 g/mol. The number of hydrogen-bond acceptors (Lipinski definition) is 3. The molecule has 2 nitrogen and oxygen atoms in total. The molecule has 1 unspecified atom stereocenters. The van der Waals surface area contributed by atoms with E-state index in [1.165, 1.54) is 40.9 Å². The summed E-state index contributed by atoms with van der Waals surface area (Å²) in [5.74, 6) is 0.889. The Morgan fingerprint density at radius 1 is 1.33 bits per heavy atom. The van der Waals surface area contributed by atoms with Gasteiger partial charge in [-0.1, -0.05) is 13.8 Å². The van der Waals surface area contributed by atoms with Gasteiger partial charge in [0.2, 0.25) is 0 Å². The summed E-state index contributed by atoms with van der Waals surface area (Å²) in [6.07, 6.45) is 5.26. The number of nitrogens with zero attached hydrogens (tertiary/aromatic N) is 1. The normalized spacial score (nSPS) is 29.7. The second-order valence-corrected chi connectivity index (χ2v) is 9.58. The van der Waals surface area contributed by atoms with Gasteiger partial charge in [0, 0.05) is 35.6 Å². The van der Waals surface area contributed by atoms with Gasteiger partial charge in [-0.05, 0) is 66.6 Å². The molecule has 0 spiro atoms. The molecule has 2 fully saturated rings. The zero-order valence-corrected chi connectivity index (χ0v) is 15.8. The van der Waals surface area contributed by atoms with Gasteiger partial charge in [0.1, 0.15) is 0 Å². The van der Waals surface area contributed by atoms with Crippen LogP contribution in [-0.4, -0.2) is 29.1 Å². The Balaban J connectivity index is 1.82. The number of hydrogen-bond donors (Lipinski definition) is 1. The van der Waals surface area contributed by atoms with Crippen LogP contribution in [0, 0.1) is 5.92 Å². The highest BCUT2D eigenvalue weighted by Crippen LogP contribution is 2.46. The topological polar surface area (TPSA) is 15.3 Å². The molecule has 0 amide bonds. The van der Waals surface area contributed by atoms with Crippen molar-refractivity contribution < 1.29 is 0 Å². The van der Waals surface area contributed by atoms with Crippen molar-refractivity contribution in [3.8, 4) is 0 Å². The van der Waals surface area contributed by atoms with Crippen LogP contribution >= 0.6 is 27.3 Å². The summed E-state index contributed by atoms with van der Waals surface area (Å²) >= 11 is 5.49. The highest BCUT2D eigenvalue weighted by molar-refractivity contribution is 9.11. The number of piperazine rings is 1. The van der Waals surface area contributed by atoms with Crippen LogP contribution in [0.1, 0.15) is 51.3 Å². The van der Waals surface area contributed by atoms with Crippen LogP contribution in [0.3, 0.4) is 0 Å². The van der Waals surface area contributed by atoms with Crippen LogP contribution in [0.5, 0.6) is 0 Å². The van der Waals surface area contributed by atoms with Gasteiger partial charge in [-0.25, -0.2) is 0 Å². The van der Waals surface area contributed by atoms with Gasteiger partial charge in [-0.2, -0.15) is 0 Å². The Bertz CT molecular complexity index is 493. The van der Waals surface area contributed by atoms with Gasteiger partial charge in [0.25, 0.3) is 0 Å². The van der Waals surface area contributed by atoms with E-state index in [4.69, 9.17) is 0 Å². The van der Waals surface area contributed by atoms with Crippen LogP contribution < -0.4 is 5.32 Å². The molecule has 1 saturated heterocycles. The number of thiophene rings is 1. The highest BCUT2D eigenvalue weighted by atomic mass is 79.9. The smallest absolute Gasteiger partial charge is 0.0701 e. The third kappa shape index (κ3) is 3.10. The molecule has 118 valence electrons. The van der Waals surface area contributed by atoms with Crippen LogP contribution in [0.4, 0.5) is 0 Å². The van der Waals surface area contributed by atoms with Gasteiger partial charge in [-0.15, -0.1) is 11.3 Å². The summed E-state index contributed by atoms with van der Waals surface area (Å²) in [6, 6.07) is 4.47. The van der Waals surface area contributed by atoms with Gasteiger partial charge in [0.05, 0.1) is 3.79 Å². The Labute approximate surface area is 141 Å². The monoisotopic (exact) mass is 370 g/mol. The van der Waals surface area contributed by atoms with Crippen molar-refractivity contribution in [3.63, 3.8) is 0 Å². The van der Waals surface area contributed by atoms with E-state index in [0.717, 1.165) is 19.0 Å². The van der Waals surface area contributed by atoms with Crippen LogP contribution in [-0.2, 0) is 6.54 Å². The van der Waals surface area contributed by atoms with Crippen molar-refractivity contribution in [1.29, 1.82) is 0 Å². The predicted octanol–water partition coefficient (Wildman–Crippen LogP) is 4.64. The van der Waals surface area contributed by atoms with Crippen molar-refractivity contribution in [3.05, 3.63) is 20.8 Å². The third-order valence-electron chi connectivity index (χ3n) is 5.82. The van der Waals surface area contributed by atoms with Crippen LogP contribution in [0.2, 0.25) is 0 Å². The predicted molar refractivity (Wildman–Crippen MR) is 94.9 cm³/mol. The maximum atomic E-state index is 3.92. The van der Waals surface area contributed by atoms with Crippen LogP contribution in [0.15, 0.2) is 15.9 Å². The Morgan fingerprint density at radius 2 is 2.05 bits per heavy atom. The zero-order chi connectivity index (χ0) is 15.1. The van der Waals surface area contributed by atoms with E-state index in [-0.39, 0.29) is 0 Å². The fourth-order valence-electron chi connectivity index (χ4n) is 3.77. The molecule has 1 N–H and O–H groups in total. The minimum Gasteiger partial charge on any atom is -0.308 e. The lowest BCUT2D eigenvalue weighted by molar-refractivity contribution is -0.00776. The minimum atomic E-state index is 0.308. The number of rotatable bonds is 5. The first-order chi connectivity index (χ1) is 10.0. The average Bonchev–Trinajstić information content (AvgIpc) is 3.26. The molecule has 0 bridgehead atoms. The second-order valence-electron chi connectivity index (χ2n) is 7.03. The molecule has 1 atom stereocenters. The van der Waals surface area contributed by atoms with E-state index in [2.05, 4.69) is 59.1 Å². The first kappa shape index (κ1) is 16.0. The molecule has 1 aliphatic carbocycles. The molecular formula is C17H27BrN2S. The summed E-state index contributed by atoms with van der Waals surface area (Å²) < 4.78 is 1.25. The van der Waals surface area contributed by atoms with Crippen molar-refractivity contribution in [2.24, 2.45) is 5.92 Å². The first-order valence-corrected chi connectivity index (χ1v) is 9.86. The second kappa shape index (κ2) is 5.95. The molecule has 1 aromatic rings. The van der Waals surface area contributed by atoms with E-state index >= 15 is 0 Å². The Morgan fingerprint density at radius 3 is 2.57 bits per heavy atom.